The van der Waals surface area contributed by atoms with Gasteiger partial charge in [0.25, 0.3) is 10.0 Å². The van der Waals surface area contributed by atoms with Crippen molar-refractivity contribution in [3.8, 4) is 5.75 Å². The van der Waals surface area contributed by atoms with E-state index in [1.165, 1.54) is 12.1 Å². The minimum atomic E-state index is -4.70. The summed E-state index contributed by atoms with van der Waals surface area (Å²) < 4.78 is 71.7. The highest BCUT2D eigenvalue weighted by atomic mass is 35.5. The molecule has 0 saturated carbocycles. The van der Waals surface area contributed by atoms with Gasteiger partial charge < -0.3 is 4.74 Å². The molecule has 0 unspecified atom stereocenters. The van der Waals surface area contributed by atoms with Gasteiger partial charge in [0.05, 0.1) is 22.0 Å². The zero-order valence-corrected chi connectivity index (χ0v) is 16.2. The number of aromatic nitrogens is 1. The van der Waals surface area contributed by atoms with Gasteiger partial charge in [-0.05, 0) is 42.5 Å². The van der Waals surface area contributed by atoms with Crippen LogP contribution in [0.15, 0.2) is 71.8 Å². The maximum absolute atomic E-state index is 12.9. The summed E-state index contributed by atoms with van der Waals surface area (Å²) in [5.41, 5.74) is -0.332. The minimum absolute atomic E-state index is 0.108. The van der Waals surface area contributed by atoms with Gasteiger partial charge in [-0.3, -0.25) is 9.71 Å². The first-order valence-electron chi connectivity index (χ1n) is 8.17. The van der Waals surface area contributed by atoms with Gasteiger partial charge in [-0.15, -0.1) is 0 Å². The second-order valence-corrected chi connectivity index (χ2v) is 7.94. The molecular formula is C19H14ClF3N2O3S. The zero-order chi connectivity index (χ0) is 21.1. The van der Waals surface area contributed by atoms with Crippen LogP contribution in [0.3, 0.4) is 0 Å². The standard InChI is InChI=1S/C19H14ClF3N2O3S/c20-17-8-7-13(19(21,22)23)10-18(17)29(26,27)25-14-5-3-6-16(11-14)28-12-15-4-1-2-9-24-15/h1-11,25H,12H2. The fraction of sp³-hybridized carbons (Fsp3) is 0.105. The Kier molecular flexibility index (Phi) is 5.99. The number of anilines is 1. The molecule has 0 aliphatic heterocycles. The van der Waals surface area contributed by atoms with Crippen LogP contribution in [0.5, 0.6) is 5.75 Å². The van der Waals surface area contributed by atoms with E-state index in [0.717, 1.165) is 6.07 Å². The number of rotatable bonds is 6. The molecule has 0 aliphatic carbocycles. The van der Waals surface area contributed by atoms with Crippen LogP contribution >= 0.6 is 11.6 Å². The summed E-state index contributed by atoms with van der Waals surface area (Å²) in [6.45, 7) is 0.163. The van der Waals surface area contributed by atoms with Crippen LogP contribution < -0.4 is 9.46 Å². The maximum atomic E-state index is 12.9. The third-order valence-corrected chi connectivity index (χ3v) is 5.61. The molecule has 29 heavy (non-hydrogen) atoms. The van der Waals surface area contributed by atoms with Crippen molar-refractivity contribution in [2.75, 3.05) is 4.72 Å². The normalized spacial score (nSPS) is 11.9. The van der Waals surface area contributed by atoms with Gasteiger partial charge in [0.1, 0.15) is 17.3 Å². The highest BCUT2D eigenvalue weighted by Crippen LogP contribution is 2.34. The molecule has 0 bridgehead atoms. The smallest absolute Gasteiger partial charge is 0.416 e. The lowest BCUT2D eigenvalue weighted by molar-refractivity contribution is -0.137. The summed E-state index contributed by atoms with van der Waals surface area (Å²) in [5.74, 6) is 0.353. The van der Waals surface area contributed by atoms with Gasteiger partial charge in [0.15, 0.2) is 0 Å². The Morgan fingerprint density at radius 2 is 1.83 bits per heavy atom. The molecular weight excluding hydrogens is 429 g/mol. The van der Waals surface area contributed by atoms with E-state index < -0.39 is 26.7 Å². The van der Waals surface area contributed by atoms with E-state index in [9.17, 15) is 21.6 Å². The van der Waals surface area contributed by atoms with Gasteiger partial charge in [0.2, 0.25) is 0 Å². The second kappa shape index (κ2) is 8.30. The number of alkyl halides is 3. The molecule has 0 aliphatic rings. The molecule has 1 N–H and O–H groups in total. The average Bonchev–Trinajstić information content (AvgIpc) is 2.66. The lowest BCUT2D eigenvalue weighted by Gasteiger charge is -2.13. The lowest BCUT2D eigenvalue weighted by Crippen LogP contribution is -2.15. The fourth-order valence-electron chi connectivity index (χ4n) is 2.39. The van der Waals surface area contributed by atoms with E-state index in [-0.39, 0.29) is 17.3 Å². The van der Waals surface area contributed by atoms with Crippen molar-refractivity contribution in [3.05, 3.63) is 83.1 Å². The lowest BCUT2D eigenvalue weighted by atomic mass is 10.2. The zero-order valence-electron chi connectivity index (χ0n) is 14.7. The number of pyridine rings is 1. The third kappa shape index (κ3) is 5.39. The molecule has 10 heteroatoms. The van der Waals surface area contributed by atoms with Crippen molar-refractivity contribution in [1.29, 1.82) is 0 Å². The Morgan fingerprint density at radius 1 is 1.03 bits per heavy atom. The van der Waals surface area contributed by atoms with E-state index >= 15 is 0 Å². The molecule has 1 heterocycles. The van der Waals surface area contributed by atoms with Crippen LogP contribution in [-0.2, 0) is 22.8 Å². The highest BCUT2D eigenvalue weighted by molar-refractivity contribution is 7.92. The van der Waals surface area contributed by atoms with Crippen molar-refractivity contribution < 1.29 is 26.3 Å². The largest absolute Gasteiger partial charge is 0.487 e. The number of sulfonamides is 1. The molecule has 0 atom stereocenters. The van der Waals surface area contributed by atoms with Crippen LogP contribution in [0.1, 0.15) is 11.3 Å². The predicted molar refractivity (Wildman–Crippen MR) is 102 cm³/mol. The maximum Gasteiger partial charge on any atom is 0.416 e. The predicted octanol–water partition coefficient (Wildman–Crippen LogP) is 5.13. The van der Waals surface area contributed by atoms with Crippen molar-refractivity contribution in [2.24, 2.45) is 0 Å². The first-order valence-corrected chi connectivity index (χ1v) is 10.0. The molecule has 0 spiro atoms. The van der Waals surface area contributed by atoms with Gasteiger partial charge in [0, 0.05) is 12.3 Å². The van der Waals surface area contributed by atoms with Gasteiger partial charge in [-0.2, -0.15) is 13.2 Å². The Morgan fingerprint density at radius 3 is 2.52 bits per heavy atom. The van der Waals surface area contributed by atoms with Crippen LogP contribution in [0.4, 0.5) is 18.9 Å². The summed E-state index contributed by atoms with van der Waals surface area (Å²) in [7, 11) is -4.36. The molecule has 0 fully saturated rings. The first-order chi connectivity index (χ1) is 13.6. The number of hydrogen-bond acceptors (Lipinski definition) is 4. The Hall–Kier alpha value is -2.78. The fourth-order valence-corrected chi connectivity index (χ4v) is 3.96. The Balaban J connectivity index is 1.80. The number of hydrogen-bond donors (Lipinski definition) is 1. The summed E-state index contributed by atoms with van der Waals surface area (Å²) >= 11 is 5.83. The molecule has 3 aromatic rings. The summed E-state index contributed by atoms with van der Waals surface area (Å²) in [6, 6.07) is 13.4. The summed E-state index contributed by atoms with van der Waals surface area (Å²) in [6.07, 6.45) is -3.09. The van der Waals surface area contributed by atoms with E-state index in [2.05, 4.69) is 9.71 Å². The SMILES string of the molecule is O=S(=O)(Nc1cccc(OCc2ccccn2)c1)c1cc(C(F)(F)F)ccc1Cl. The molecule has 2 aromatic carbocycles. The van der Waals surface area contributed by atoms with Gasteiger partial charge in [-0.25, -0.2) is 8.42 Å². The van der Waals surface area contributed by atoms with Crippen molar-refractivity contribution >= 4 is 27.3 Å². The van der Waals surface area contributed by atoms with E-state index in [1.807, 2.05) is 0 Å². The molecule has 0 radical (unpaired) electrons. The molecule has 0 amide bonds. The molecule has 152 valence electrons. The third-order valence-electron chi connectivity index (χ3n) is 3.75. The monoisotopic (exact) mass is 442 g/mol. The average molecular weight is 443 g/mol. The van der Waals surface area contributed by atoms with Crippen LogP contribution in [-0.4, -0.2) is 13.4 Å². The van der Waals surface area contributed by atoms with Crippen molar-refractivity contribution in [1.82, 2.24) is 4.98 Å². The number of nitrogens with zero attached hydrogens (tertiary/aromatic N) is 1. The van der Waals surface area contributed by atoms with Crippen LogP contribution in [0.2, 0.25) is 5.02 Å². The summed E-state index contributed by atoms with van der Waals surface area (Å²) in [4.78, 5) is 3.44. The number of ether oxygens (including phenoxy) is 1. The molecule has 5 nitrogen and oxygen atoms in total. The van der Waals surface area contributed by atoms with Crippen molar-refractivity contribution in [3.63, 3.8) is 0 Å². The van der Waals surface area contributed by atoms with Gasteiger partial charge >= 0.3 is 6.18 Å². The first kappa shape index (κ1) is 20.9. The quantitative estimate of drug-likeness (QED) is 0.574. The number of benzene rings is 2. The molecule has 0 saturated heterocycles. The summed E-state index contributed by atoms with van der Waals surface area (Å²) in [5, 5.41) is -0.326. The Bertz CT molecular complexity index is 1110. The Labute approximate surface area is 170 Å². The number of nitrogens with one attached hydrogen (secondary N) is 1. The minimum Gasteiger partial charge on any atom is -0.487 e. The second-order valence-electron chi connectivity index (χ2n) is 5.89. The topological polar surface area (TPSA) is 68.3 Å². The number of halogens is 4. The molecule has 3 rings (SSSR count). The van der Waals surface area contributed by atoms with Crippen molar-refractivity contribution in [2.45, 2.75) is 17.7 Å². The molecule has 1 aromatic heterocycles. The van der Waals surface area contributed by atoms with Gasteiger partial charge in [-0.1, -0.05) is 23.7 Å². The van der Waals surface area contributed by atoms with E-state index in [4.69, 9.17) is 16.3 Å². The van der Waals surface area contributed by atoms with Crippen LogP contribution in [0, 0.1) is 0 Å². The highest BCUT2D eigenvalue weighted by Gasteiger charge is 2.32. The van der Waals surface area contributed by atoms with E-state index in [0.29, 0.717) is 23.6 Å². The van der Waals surface area contributed by atoms with Crippen LogP contribution in [0.25, 0.3) is 0 Å². The van der Waals surface area contributed by atoms with E-state index in [1.54, 1.807) is 36.5 Å².